The zero-order valence-electron chi connectivity index (χ0n) is 11.1. The normalized spacial score (nSPS) is 10.7. The van der Waals surface area contributed by atoms with Crippen LogP contribution in [0.1, 0.15) is 20.8 Å². The van der Waals surface area contributed by atoms with Gasteiger partial charge in [0.15, 0.2) is 0 Å². The van der Waals surface area contributed by atoms with Crippen LogP contribution in [0.5, 0.6) is 0 Å². The van der Waals surface area contributed by atoms with Gasteiger partial charge in [0.25, 0.3) is 0 Å². The molecule has 3 amide bonds. The van der Waals surface area contributed by atoms with Gasteiger partial charge in [0, 0.05) is 23.8 Å². The van der Waals surface area contributed by atoms with Crippen LogP contribution in [0.2, 0.25) is 0 Å². The van der Waals surface area contributed by atoms with Crippen molar-refractivity contribution in [3.63, 3.8) is 0 Å². The van der Waals surface area contributed by atoms with Gasteiger partial charge in [0.05, 0.1) is 0 Å². The molecule has 0 aromatic heterocycles. The number of anilines is 2. The van der Waals surface area contributed by atoms with E-state index in [0.717, 1.165) is 0 Å². The Labute approximate surface area is 107 Å². The van der Waals surface area contributed by atoms with Gasteiger partial charge in [-0.2, -0.15) is 0 Å². The minimum absolute atomic E-state index is 0.0467. The van der Waals surface area contributed by atoms with Crippen molar-refractivity contribution in [2.24, 2.45) is 5.41 Å². The fraction of sp³-hybridized carbons (Fsp3) is 0.385. The summed E-state index contributed by atoms with van der Waals surface area (Å²) >= 11 is 0. The fourth-order valence-electron chi connectivity index (χ4n) is 1.15. The van der Waals surface area contributed by atoms with Gasteiger partial charge in [-0.15, -0.1) is 0 Å². The van der Waals surface area contributed by atoms with E-state index in [1.807, 2.05) is 20.8 Å². The lowest BCUT2D eigenvalue weighted by Gasteiger charge is -2.17. The molecule has 0 atom stereocenters. The van der Waals surface area contributed by atoms with E-state index in [4.69, 9.17) is 0 Å². The SMILES string of the molecule is CNC(=O)Nc1ccc(NC(=O)C(C)(C)C)cc1. The smallest absolute Gasteiger partial charge is 0.318 e. The molecule has 0 radical (unpaired) electrons. The molecule has 98 valence electrons. The van der Waals surface area contributed by atoms with Gasteiger partial charge in [-0.3, -0.25) is 4.79 Å². The zero-order valence-corrected chi connectivity index (χ0v) is 11.1. The second-order valence-corrected chi connectivity index (χ2v) is 4.99. The van der Waals surface area contributed by atoms with Gasteiger partial charge in [0.1, 0.15) is 0 Å². The molecule has 1 rings (SSSR count). The van der Waals surface area contributed by atoms with Crippen molar-refractivity contribution in [1.82, 2.24) is 5.32 Å². The molecule has 0 spiro atoms. The Balaban J connectivity index is 2.66. The van der Waals surface area contributed by atoms with Crippen LogP contribution in [-0.2, 0) is 4.79 Å². The van der Waals surface area contributed by atoms with Crippen molar-refractivity contribution in [3.8, 4) is 0 Å². The molecule has 1 aromatic carbocycles. The number of amides is 3. The van der Waals surface area contributed by atoms with Crippen molar-refractivity contribution in [1.29, 1.82) is 0 Å². The van der Waals surface area contributed by atoms with Gasteiger partial charge in [-0.25, -0.2) is 4.79 Å². The number of carbonyl (C=O) groups excluding carboxylic acids is 2. The quantitative estimate of drug-likeness (QED) is 0.753. The largest absolute Gasteiger partial charge is 0.341 e. The average Bonchev–Trinajstić information content (AvgIpc) is 2.30. The van der Waals surface area contributed by atoms with E-state index >= 15 is 0 Å². The van der Waals surface area contributed by atoms with Crippen LogP contribution in [0.3, 0.4) is 0 Å². The lowest BCUT2D eigenvalue weighted by Crippen LogP contribution is -2.27. The van der Waals surface area contributed by atoms with Gasteiger partial charge in [0.2, 0.25) is 5.91 Å². The number of hydrogen-bond donors (Lipinski definition) is 3. The summed E-state index contributed by atoms with van der Waals surface area (Å²) < 4.78 is 0. The summed E-state index contributed by atoms with van der Waals surface area (Å²) in [5.74, 6) is -0.0467. The average molecular weight is 249 g/mol. The lowest BCUT2D eigenvalue weighted by atomic mass is 9.95. The summed E-state index contributed by atoms with van der Waals surface area (Å²) in [5.41, 5.74) is 0.944. The molecule has 5 heteroatoms. The Kier molecular flexibility index (Phi) is 4.31. The molecule has 0 fully saturated rings. The number of hydrogen-bond acceptors (Lipinski definition) is 2. The first-order valence-electron chi connectivity index (χ1n) is 5.73. The zero-order chi connectivity index (χ0) is 13.8. The van der Waals surface area contributed by atoms with Crippen molar-refractivity contribution < 1.29 is 9.59 Å². The highest BCUT2D eigenvalue weighted by molar-refractivity contribution is 5.95. The Hall–Kier alpha value is -2.04. The van der Waals surface area contributed by atoms with E-state index in [1.54, 1.807) is 31.3 Å². The van der Waals surface area contributed by atoms with Crippen molar-refractivity contribution in [2.75, 3.05) is 17.7 Å². The molecule has 0 saturated heterocycles. The predicted octanol–water partition coefficient (Wildman–Crippen LogP) is 2.42. The number of urea groups is 1. The molecule has 3 N–H and O–H groups in total. The van der Waals surface area contributed by atoms with Crippen molar-refractivity contribution in [3.05, 3.63) is 24.3 Å². The lowest BCUT2D eigenvalue weighted by molar-refractivity contribution is -0.123. The molecule has 0 heterocycles. The molecule has 18 heavy (non-hydrogen) atoms. The maximum atomic E-state index is 11.8. The molecule has 0 aliphatic carbocycles. The number of carbonyl (C=O) groups is 2. The van der Waals surface area contributed by atoms with Crippen LogP contribution in [0.15, 0.2) is 24.3 Å². The molecule has 5 nitrogen and oxygen atoms in total. The summed E-state index contributed by atoms with van der Waals surface area (Å²) in [4.78, 5) is 22.8. The number of rotatable bonds is 2. The standard InChI is InChI=1S/C13H19N3O2/c1-13(2,3)11(17)15-9-5-7-10(8-6-9)16-12(18)14-4/h5-8H,1-4H3,(H,15,17)(H2,14,16,18). The Morgan fingerprint density at radius 1 is 0.944 bits per heavy atom. The third kappa shape index (κ3) is 4.08. The van der Waals surface area contributed by atoms with Crippen LogP contribution < -0.4 is 16.0 Å². The Morgan fingerprint density at radius 2 is 1.39 bits per heavy atom. The molecule has 1 aromatic rings. The van der Waals surface area contributed by atoms with E-state index in [0.29, 0.717) is 11.4 Å². The minimum atomic E-state index is -0.432. The first-order chi connectivity index (χ1) is 8.32. The van der Waals surface area contributed by atoms with Crippen molar-refractivity contribution >= 4 is 23.3 Å². The summed E-state index contributed by atoms with van der Waals surface area (Å²) in [6, 6.07) is 6.67. The van der Waals surface area contributed by atoms with E-state index in [1.165, 1.54) is 0 Å². The Bertz CT molecular complexity index is 433. The summed E-state index contributed by atoms with van der Waals surface area (Å²) in [6.45, 7) is 5.55. The highest BCUT2D eigenvalue weighted by Gasteiger charge is 2.20. The highest BCUT2D eigenvalue weighted by atomic mass is 16.2. The van der Waals surface area contributed by atoms with Crippen LogP contribution in [0.4, 0.5) is 16.2 Å². The third-order valence-corrected chi connectivity index (χ3v) is 2.31. The first kappa shape index (κ1) is 14.0. The van der Waals surface area contributed by atoms with Gasteiger partial charge in [-0.05, 0) is 24.3 Å². The van der Waals surface area contributed by atoms with E-state index in [2.05, 4.69) is 16.0 Å². The van der Waals surface area contributed by atoms with Crippen LogP contribution >= 0.6 is 0 Å². The summed E-state index contributed by atoms with van der Waals surface area (Å²) in [7, 11) is 1.55. The van der Waals surface area contributed by atoms with E-state index < -0.39 is 5.41 Å². The number of benzene rings is 1. The number of nitrogens with one attached hydrogen (secondary N) is 3. The van der Waals surface area contributed by atoms with Crippen LogP contribution in [0.25, 0.3) is 0 Å². The fourth-order valence-corrected chi connectivity index (χ4v) is 1.15. The first-order valence-corrected chi connectivity index (χ1v) is 5.73. The molecular formula is C13H19N3O2. The van der Waals surface area contributed by atoms with E-state index in [-0.39, 0.29) is 11.9 Å². The van der Waals surface area contributed by atoms with Crippen molar-refractivity contribution in [2.45, 2.75) is 20.8 Å². The molecule has 0 saturated carbocycles. The molecule has 0 aliphatic heterocycles. The summed E-state index contributed by atoms with van der Waals surface area (Å²) in [6.07, 6.45) is 0. The van der Waals surface area contributed by atoms with Gasteiger partial charge >= 0.3 is 6.03 Å². The van der Waals surface area contributed by atoms with Gasteiger partial charge < -0.3 is 16.0 Å². The predicted molar refractivity (Wildman–Crippen MR) is 72.6 cm³/mol. The second-order valence-electron chi connectivity index (χ2n) is 4.99. The van der Waals surface area contributed by atoms with E-state index in [9.17, 15) is 9.59 Å². The third-order valence-electron chi connectivity index (χ3n) is 2.31. The minimum Gasteiger partial charge on any atom is -0.341 e. The second kappa shape index (κ2) is 5.53. The van der Waals surface area contributed by atoms with Crippen LogP contribution in [-0.4, -0.2) is 19.0 Å². The highest BCUT2D eigenvalue weighted by Crippen LogP contribution is 2.18. The maximum Gasteiger partial charge on any atom is 0.318 e. The molecule has 0 bridgehead atoms. The molecule has 0 unspecified atom stereocenters. The topological polar surface area (TPSA) is 70.2 Å². The Morgan fingerprint density at radius 3 is 1.78 bits per heavy atom. The van der Waals surface area contributed by atoms with Crippen LogP contribution in [0, 0.1) is 5.41 Å². The molecular weight excluding hydrogens is 230 g/mol. The summed E-state index contributed by atoms with van der Waals surface area (Å²) in [5, 5.41) is 7.91. The maximum absolute atomic E-state index is 11.8. The molecule has 0 aliphatic rings. The monoisotopic (exact) mass is 249 g/mol. The van der Waals surface area contributed by atoms with Gasteiger partial charge in [-0.1, -0.05) is 20.8 Å².